The number of ketones is 2. The van der Waals surface area contributed by atoms with Gasteiger partial charge in [-0.15, -0.1) is 0 Å². The Morgan fingerprint density at radius 2 is 1.77 bits per heavy atom. The summed E-state index contributed by atoms with van der Waals surface area (Å²) >= 11 is 0. The summed E-state index contributed by atoms with van der Waals surface area (Å²) in [5, 5.41) is 40.0. The zero-order valence-electron chi connectivity index (χ0n) is 16.0. The van der Waals surface area contributed by atoms with E-state index in [-0.39, 0.29) is 30.6 Å². The molecule has 1 rings (SSSR count). The lowest BCUT2D eigenvalue weighted by atomic mass is 9.79. The van der Waals surface area contributed by atoms with Crippen molar-refractivity contribution in [2.24, 2.45) is 17.8 Å². The molecule has 0 aromatic heterocycles. The molecule has 7 nitrogen and oxygen atoms in total. The highest BCUT2D eigenvalue weighted by molar-refractivity contribution is 5.86. The summed E-state index contributed by atoms with van der Waals surface area (Å²) in [5.74, 6) is -3.34. The fourth-order valence-electron chi connectivity index (χ4n) is 3.45. The molecule has 0 amide bonds. The van der Waals surface area contributed by atoms with Crippen molar-refractivity contribution in [1.29, 1.82) is 0 Å². The molecule has 0 bridgehead atoms. The van der Waals surface area contributed by atoms with E-state index in [1.165, 1.54) is 0 Å². The van der Waals surface area contributed by atoms with Crippen molar-refractivity contribution in [2.45, 2.75) is 64.4 Å². The molecule has 1 heterocycles. The van der Waals surface area contributed by atoms with E-state index >= 15 is 0 Å². The summed E-state index contributed by atoms with van der Waals surface area (Å²) < 4.78 is 5.63. The highest BCUT2D eigenvalue weighted by Gasteiger charge is 2.61. The fourth-order valence-corrected chi connectivity index (χ4v) is 3.45. The van der Waals surface area contributed by atoms with Crippen molar-refractivity contribution in [3.63, 3.8) is 0 Å². The summed E-state index contributed by atoms with van der Waals surface area (Å²) in [5.41, 5.74) is -0.994. The Hall–Kier alpha value is -1.12. The maximum absolute atomic E-state index is 12.7. The van der Waals surface area contributed by atoms with E-state index in [0.717, 1.165) is 0 Å². The van der Waals surface area contributed by atoms with Gasteiger partial charge in [0.05, 0.1) is 43.4 Å². The van der Waals surface area contributed by atoms with E-state index in [4.69, 9.17) is 4.74 Å². The fraction of sp³-hybridized carbons (Fsp3) is 0.789. The van der Waals surface area contributed by atoms with Crippen molar-refractivity contribution in [3.05, 3.63) is 12.2 Å². The Kier molecular flexibility index (Phi) is 8.56. The van der Waals surface area contributed by atoms with E-state index in [2.05, 4.69) is 0 Å². The molecule has 1 aliphatic heterocycles. The van der Waals surface area contributed by atoms with Crippen LogP contribution in [0.15, 0.2) is 12.2 Å². The minimum Gasteiger partial charge on any atom is -0.396 e. The second kappa shape index (κ2) is 9.71. The Bertz CT molecular complexity index is 518. The minimum absolute atomic E-state index is 0.0236. The van der Waals surface area contributed by atoms with E-state index in [1.807, 2.05) is 26.0 Å². The Balaban J connectivity index is 2.88. The Labute approximate surface area is 154 Å². The number of Topliss-reactive ketones (excluding diaryl/α,β-unsaturated/α-hetero) is 2. The van der Waals surface area contributed by atoms with Gasteiger partial charge in [-0.05, 0) is 13.8 Å². The molecule has 7 heteroatoms. The first-order chi connectivity index (χ1) is 12.2. The number of hydrogen-bond donors (Lipinski definition) is 4. The topological polar surface area (TPSA) is 128 Å². The van der Waals surface area contributed by atoms with Crippen molar-refractivity contribution in [1.82, 2.24) is 0 Å². The first-order valence-corrected chi connectivity index (χ1v) is 9.11. The van der Waals surface area contributed by atoms with Gasteiger partial charge in [-0.1, -0.05) is 26.0 Å². The summed E-state index contributed by atoms with van der Waals surface area (Å²) in [6, 6.07) is 0. The quantitative estimate of drug-likeness (QED) is 0.285. The molecule has 0 aliphatic carbocycles. The van der Waals surface area contributed by atoms with Gasteiger partial charge in [0.15, 0.2) is 0 Å². The van der Waals surface area contributed by atoms with Crippen LogP contribution in [0.2, 0.25) is 0 Å². The predicted octanol–water partition coefficient (Wildman–Crippen LogP) is 0.233. The minimum atomic E-state index is -1.35. The zero-order valence-corrected chi connectivity index (χ0v) is 16.0. The summed E-state index contributed by atoms with van der Waals surface area (Å²) in [7, 11) is 0. The third-order valence-electron chi connectivity index (χ3n) is 5.25. The maximum Gasteiger partial charge on any atom is 0.148 e. The molecule has 0 unspecified atom stereocenters. The molecule has 150 valence electrons. The summed E-state index contributed by atoms with van der Waals surface area (Å²) in [6.45, 7) is 5.79. The highest BCUT2D eigenvalue weighted by atomic mass is 16.6. The van der Waals surface area contributed by atoms with Crippen LogP contribution in [0.5, 0.6) is 0 Å². The number of allylic oxidation sites excluding steroid dienone is 1. The summed E-state index contributed by atoms with van der Waals surface area (Å²) in [4.78, 5) is 24.2. The molecule has 0 saturated carbocycles. The molecule has 26 heavy (non-hydrogen) atoms. The van der Waals surface area contributed by atoms with Crippen molar-refractivity contribution >= 4 is 11.6 Å². The predicted molar refractivity (Wildman–Crippen MR) is 95.3 cm³/mol. The van der Waals surface area contributed by atoms with Crippen LogP contribution in [0, 0.1) is 17.8 Å². The van der Waals surface area contributed by atoms with Crippen LogP contribution in [0.25, 0.3) is 0 Å². The SMILES string of the molecule is C/C=C\[C@H](C)[C@H]1O[C@]1(C)[C@@H](O)[C@@H](CO)C(=O)[C@H](CO)[C@H](O)CC(=O)CC. The van der Waals surface area contributed by atoms with Gasteiger partial charge in [0, 0.05) is 18.8 Å². The van der Waals surface area contributed by atoms with Crippen molar-refractivity contribution in [3.8, 4) is 0 Å². The van der Waals surface area contributed by atoms with Gasteiger partial charge in [0.2, 0.25) is 0 Å². The molecule has 0 spiro atoms. The van der Waals surface area contributed by atoms with E-state index in [1.54, 1.807) is 13.8 Å². The van der Waals surface area contributed by atoms with E-state index in [0.29, 0.717) is 0 Å². The van der Waals surface area contributed by atoms with Gasteiger partial charge in [-0.25, -0.2) is 0 Å². The third-order valence-corrected chi connectivity index (χ3v) is 5.25. The molecule has 0 aromatic carbocycles. The largest absolute Gasteiger partial charge is 0.396 e. The lowest BCUT2D eigenvalue weighted by molar-refractivity contribution is -0.140. The molecule has 1 aliphatic rings. The lowest BCUT2D eigenvalue weighted by Crippen LogP contribution is -2.47. The van der Waals surface area contributed by atoms with Gasteiger partial charge < -0.3 is 25.2 Å². The van der Waals surface area contributed by atoms with E-state index in [9.17, 15) is 30.0 Å². The number of carbonyl (C=O) groups is 2. The number of carbonyl (C=O) groups excluding carboxylic acids is 2. The average Bonchev–Trinajstić information content (AvgIpc) is 3.29. The van der Waals surface area contributed by atoms with Crippen LogP contribution in [-0.2, 0) is 14.3 Å². The first-order valence-electron chi connectivity index (χ1n) is 9.11. The highest BCUT2D eigenvalue weighted by Crippen LogP contribution is 2.46. The first kappa shape index (κ1) is 22.9. The zero-order chi connectivity index (χ0) is 20.1. The normalized spacial score (nSPS) is 28.4. The number of aliphatic hydroxyl groups excluding tert-OH is 4. The molecule has 0 radical (unpaired) electrons. The molecule has 4 N–H and O–H groups in total. The van der Waals surface area contributed by atoms with Gasteiger partial charge in [-0.3, -0.25) is 9.59 Å². The molecule has 1 fully saturated rings. The number of rotatable bonds is 12. The second-order valence-electron chi connectivity index (χ2n) is 7.20. The Morgan fingerprint density at radius 3 is 2.23 bits per heavy atom. The Morgan fingerprint density at radius 1 is 1.19 bits per heavy atom. The van der Waals surface area contributed by atoms with E-state index < -0.39 is 48.6 Å². The van der Waals surface area contributed by atoms with Crippen LogP contribution < -0.4 is 0 Å². The van der Waals surface area contributed by atoms with Gasteiger partial charge in [0.25, 0.3) is 0 Å². The standard InChI is InChI=1S/C19H32O7/c1-5-7-11(3)18-19(4,26-18)17(25)14(10-21)16(24)13(9-20)15(23)8-12(22)6-2/h5,7,11,13-15,17-18,20-21,23,25H,6,8-10H2,1-4H3/b7-5-/t11-,13+,14-,15+,17-,18+,19+/m0/s1. The van der Waals surface area contributed by atoms with Crippen molar-refractivity contribution in [2.75, 3.05) is 13.2 Å². The monoisotopic (exact) mass is 372 g/mol. The van der Waals surface area contributed by atoms with Crippen LogP contribution >= 0.6 is 0 Å². The van der Waals surface area contributed by atoms with Gasteiger partial charge in [-0.2, -0.15) is 0 Å². The van der Waals surface area contributed by atoms with Crippen molar-refractivity contribution < 1.29 is 34.8 Å². The van der Waals surface area contributed by atoms with Crippen LogP contribution in [0.4, 0.5) is 0 Å². The number of aliphatic hydroxyl groups is 4. The molecular weight excluding hydrogens is 340 g/mol. The third kappa shape index (κ3) is 4.98. The number of hydrogen-bond acceptors (Lipinski definition) is 7. The van der Waals surface area contributed by atoms with Crippen LogP contribution in [0.1, 0.15) is 40.5 Å². The second-order valence-corrected chi connectivity index (χ2v) is 7.20. The van der Waals surface area contributed by atoms with Crippen LogP contribution in [-0.4, -0.2) is 69.1 Å². The molecule has 1 saturated heterocycles. The average molecular weight is 372 g/mol. The maximum atomic E-state index is 12.7. The number of ether oxygens (including phenoxy) is 1. The lowest BCUT2D eigenvalue weighted by Gasteiger charge is -2.28. The smallest absolute Gasteiger partial charge is 0.148 e. The van der Waals surface area contributed by atoms with Gasteiger partial charge in [0.1, 0.15) is 17.2 Å². The summed E-state index contributed by atoms with van der Waals surface area (Å²) in [6.07, 6.45) is 0.816. The molecule has 0 aromatic rings. The number of epoxide rings is 1. The van der Waals surface area contributed by atoms with Crippen LogP contribution in [0.3, 0.4) is 0 Å². The molecule has 7 atom stereocenters. The van der Waals surface area contributed by atoms with Gasteiger partial charge >= 0.3 is 0 Å². The molecular formula is C19H32O7.